The van der Waals surface area contributed by atoms with Crippen LogP contribution >= 0.6 is 0 Å². The number of nitro benzene ring substituents is 1. The third-order valence-corrected chi connectivity index (χ3v) is 4.84. The number of fused-ring (bicyclic) bond motifs is 1. The maximum absolute atomic E-state index is 12.5. The highest BCUT2D eigenvalue weighted by atomic mass is 16.6. The van der Waals surface area contributed by atoms with Crippen molar-refractivity contribution < 1.29 is 23.9 Å². The number of nitro groups is 1. The molecule has 1 aliphatic rings. The zero-order chi connectivity index (χ0) is 21.0. The molecule has 9 nitrogen and oxygen atoms in total. The number of amides is 1. The second kappa shape index (κ2) is 8.78. The Bertz CT molecular complexity index is 931. The molecule has 1 amide bonds. The number of nitrogens with one attached hydrogen (secondary N) is 1. The average Bonchev–Trinajstić information content (AvgIpc) is 2.72. The van der Waals surface area contributed by atoms with Gasteiger partial charge in [0.15, 0.2) is 11.5 Å². The van der Waals surface area contributed by atoms with Crippen LogP contribution in [-0.2, 0) is 17.8 Å². The number of carbonyl (C=O) groups is 1. The highest BCUT2D eigenvalue weighted by Crippen LogP contribution is 2.33. The van der Waals surface area contributed by atoms with Gasteiger partial charge in [-0.1, -0.05) is 0 Å². The Balaban J connectivity index is 1.69. The molecule has 2 aromatic rings. The number of hydrogen-bond donors (Lipinski definition) is 1. The van der Waals surface area contributed by atoms with E-state index in [-0.39, 0.29) is 23.8 Å². The molecule has 1 heterocycles. The largest absolute Gasteiger partial charge is 0.496 e. The maximum Gasteiger partial charge on any atom is 0.296 e. The molecule has 0 spiro atoms. The molecular weight excluding hydrogens is 378 g/mol. The van der Waals surface area contributed by atoms with E-state index in [0.29, 0.717) is 30.3 Å². The second-order valence-corrected chi connectivity index (χ2v) is 6.62. The third kappa shape index (κ3) is 4.57. The number of ether oxygens (including phenoxy) is 3. The second-order valence-electron chi connectivity index (χ2n) is 6.62. The van der Waals surface area contributed by atoms with Crippen molar-refractivity contribution in [3.63, 3.8) is 0 Å². The molecule has 1 N–H and O–H groups in total. The molecule has 0 radical (unpaired) electrons. The van der Waals surface area contributed by atoms with E-state index in [1.165, 1.54) is 19.2 Å². The van der Waals surface area contributed by atoms with Gasteiger partial charge in [-0.15, -0.1) is 0 Å². The standard InChI is InChI=1S/C20H23N3O6/c1-27-15-4-5-16(17(10-15)23(25)26)21-20(24)12-22-7-6-13-8-18(28-2)19(29-3)9-14(13)11-22/h4-5,8-10H,6-7,11-12H2,1-3H3,(H,21,24). The normalized spacial score (nSPS) is 13.3. The van der Waals surface area contributed by atoms with E-state index < -0.39 is 4.92 Å². The number of methoxy groups -OCH3 is 3. The van der Waals surface area contributed by atoms with Gasteiger partial charge in [-0.25, -0.2) is 0 Å². The Morgan fingerprint density at radius 3 is 2.41 bits per heavy atom. The predicted octanol–water partition coefficient (Wildman–Crippen LogP) is 2.62. The first-order chi connectivity index (χ1) is 13.9. The summed E-state index contributed by atoms with van der Waals surface area (Å²) in [6.45, 7) is 1.39. The predicted molar refractivity (Wildman–Crippen MR) is 107 cm³/mol. The molecule has 0 aromatic heterocycles. The van der Waals surface area contributed by atoms with Gasteiger partial charge in [-0.3, -0.25) is 19.8 Å². The van der Waals surface area contributed by atoms with Gasteiger partial charge in [0.1, 0.15) is 11.4 Å². The molecule has 2 aromatic carbocycles. The third-order valence-electron chi connectivity index (χ3n) is 4.84. The van der Waals surface area contributed by atoms with Crippen LogP contribution in [0.3, 0.4) is 0 Å². The molecule has 0 bridgehead atoms. The lowest BCUT2D eigenvalue weighted by molar-refractivity contribution is -0.384. The smallest absolute Gasteiger partial charge is 0.296 e. The van der Waals surface area contributed by atoms with E-state index in [4.69, 9.17) is 14.2 Å². The summed E-state index contributed by atoms with van der Waals surface area (Å²) in [5, 5.41) is 13.9. The highest BCUT2D eigenvalue weighted by Gasteiger charge is 2.23. The Morgan fingerprint density at radius 2 is 1.79 bits per heavy atom. The van der Waals surface area contributed by atoms with Crippen LogP contribution in [0.15, 0.2) is 30.3 Å². The van der Waals surface area contributed by atoms with Crippen molar-refractivity contribution in [2.24, 2.45) is 0 Å². The van der Waals surface area contributed by atoms with Gasteiger partial charge in [-0.2, -0.15) is 0 Å². The SMILES string of the molecule is COc1ccc(NC(=O)CN2CCc3cc(OC)c(OC)cc3C2)c([N+](=O)[O-])c1. The molecule has 0 fully saturated rings. The molecule has 1 aliphatic heterocycles. The minimum atomic E-state index is -0.547. The summed E-state index contributed by atoms with van der Waals surface area (Å²) in [5.41, 5.74) is 2.16. The van der Waals surface area contributed by atoms with Crippen molar-refractivity contribution in [2.75, 3.05) is 39.7 Å². The minimum Gasteiger partial charge on any atom is -0.496 e. The lowest BCUT2D eigenvalue weighted by atomic mass is 9.99. The van der Waals surface area contributed by atoms with Crippen LogP contribution < -0.4 is 19.5 Å². The molecule has 3 rings (SSSR count). The molecule has 0 saturated carbocycles. The number of benzene rings is 2. The van der Waals surface area contributed by atoms with Crippen molar-refractivity contribution >= 4 is 17.3 Å². The summed E-state index contributed by atoms with van der Waals surface area (Å²) in [4.78, 5) is 25.2. The number of carbonyl (C=O) groups excluding carboxylic acids is 1. The summed E-state index contributed by atoms with van der Waals surface area (Å²) in [6.07, 6.45) is 0.769. The van der Waals surface area contributed by atoms with E-state index in [1.807, 2.05) is 17.0 Å². The molecule has 9 heteroatoms. The van der Waals surface area contributed by atoms with E-state index in [2.05, 4.69) is 5.32 Å². The van der Waals surface area contributed by atoms with E-state index in [0.717, 1.165) is 17.5 Å². The molecular formula is C20H23N3O6. The first kappa shape index (κ1) is 20.4. The van der Waals surface area contributed by atoms with Gasteiger partial charge in [0.05, 0.1) is 38.9 Å². The van der Waals surface area contributed by atoms with Gasteiger partial charge in [-0.05, 0) is 41.8 Å². The molecule has 0 unspecified atom stereocenters. The van der Waals surface area contributed by atoms with Crippen LogP contribution in [0, 0.1) is 10.1 Å². The maximum atomic E-state index is 12.5. The van der Waals surface area contributed by atoms with Crippen LogP contribution in [-0.4, -0.2) is 50.1 Å². The number of nitrogens with zero attached hydrogens (tertiary/aromatic N) is 2. The lowest BCUT2D eigenvalue weighted by Crippen LogP contribution is -2.37. The number of hydrogen-bond acceptors (Lipinski definition) is 7. The molecule has 0 atom stereocenters. The fraction of sp³-hybridized carbons (Fsp3) is 0.350. The van der Waals surface area contributed by atoms with Gasteiger partial charge < -0.3 is 19.5 Å². The van der Waals surface area contributed by atoms with Crippen LogP contribution in [0.25, 0.3) is 0 Å². The van der Waals surface area contributed by atoms with E-state index in [1.54, 1.807) is 20.3 Å². The number of rotatable bonds is 7. The average molecular weight is 401 g/mol. The van der Waals surface area contributed by atoms with Crippen LogP contribution in [0.2, 0.25) is 0 Å². The fourth-order valence-corrected chi connectivity index (χ4v) is 3.36. The first-order valence-corrected chi connectivity index (χ1v) is 9.03. The Kier molecular flexibility index (Phi) is 6.18. The van der Waals surface area contributed by atoms with Crippen molar-refractivity contribution in [3.05, 3.63) is 51.6 Å². The summed E-state index contributed by atoms with van der Waals surface area (Å²) in [5.74, 6) is 1.37. The highest BCUT2D eigenvalue weighted by molar-refractivity contribution is 5.94. The zero-order valence-corrected chi connectivity index (χ0v) is 16.6. The number of anilines is 1. The van der Waals surface area contributed by atoms with Gasteiger partial charge in [0.25, 0.3) is 5.69 Å². The summed E-state index contributed by atoms with van der Waals surface area (Å²) < 4.78 is 15.7. The van der Waals surface area contributed by atoms with Gasteiger partial charge in [0.2, 0.25) is 5.91 Å². The van der Waals surface area contributed by atoms with Crippen molar-refractivity contribution in [2.45, 2.75) is 13.0 Å². The van der Waals surface area contributed by atoms with Crippen LogP contribution in [0.5, 0.6) is 17.2 Å². The summed E-state index contributed by atoms with van der Waals surface area (Å²) in [6, 6.07) is 8.21. The first-order valence-electron chi connectivity index (χ1n) is 9.03. The molecule has 0 aliphatic carbocycles. The fourth-order valence-electron chi connectivity index (χ4n) is 3.36. The minimum absolute atomic E-state index is 0.122. The van der Waals surface area contributed by atoms with Crippen molar-refractivity contribution in [1.29, 1.82) is 0 Å². The summed E-state index contributed by atoms with van der Waals surface area (Å²) >= 11 is 0. The van der Waals surface area contributed by atoms with Crippen molar-refractivity contribution in [1.82, 2.24) is 4.90 Å². The Hall–Kier alpha value is -3.33. The molecule has 29 heavy (non-hydrogen) atoms. The topological polar surface area (TPSA) is 103 Å². The van der Waals surface area contributed by atoms with Crippen LogP contribution in [0.4, 0.5) is 11.4 Å². The van der Waals surface area contributed by atoms with E-state index in [9.17, 15) is 14.9 Å². The van der Waals surface area contributed by atoms with E-state index >= 15 is 0 Å². The lowest BCUT2D eigenvalue weighted by Gasteiger charge is -2.29. The van der Waals surface area contributed by atoms with Gasteiger partial charge >= 0.3 is 0 Å². The van der Waals surface area contributed by atoms with Gasteiger partial charge in [0, 0.05) is 13.1 Å². The Morgan fingerprint density at radius 1 is 1.10 bits per heavy atom. The summed E-state index contributed by atoms with van der Waals surface area (Å²) in [7, 11) is 4.61. The molecule has 154 valence electrons. The Labute approximate surface area is 168 Å². The van der Waals surface area contributed by atoms with Crippen LogP contribution in [0.1, 0.15) is 11.1 Å². The quantitative estimate of drug-likeness (QED) is 0.562. The molecule has 0 saturated heterocycles. The monoisotopic (exact) mass is 401 g/mol. The zero-order valence-electron chi connectivity index (χ0n) is 16.6. The van der Waals surface area contributed by atoms with Crippen molar-refractivity contribution in [3.8, 4) is 17.2 Å².